The van der Waals surface area contributed by atoms with E-state index in [9.17, 15) is 13.6 Å². The Morgan fingerprint density at radius 1 is 0.926 bits per heavy atom. The van der Waals surface area contributed by atoms with Crippen LogP contribution in [0.3, 0.4) is 0 Å². The lowest BCUT2D eigenvalue weighted by Gasteiger charge is -2.09. The van der Waals surface area contributed by atoms with Gasteiger partial charge < -0.3 is 13.9 Å². The summed E-state index contributed by atoms with van der Waals surface area (Å²) in [6.07, 6.45) is 1.86. The number of carbonyl (C=O) groups is 1. The molecular weight excluding hydrogens is 350 g/mol. The van der Waals surface area contributed by atoms with Crippen LogP contribution in [0.1, 0.15) is 16.1 Å². The van der Waals surface area contributed by atoms with E-state index in [-0.39, 0.29) is 11.6 Å². The molecule has 0 unspecified atom stereocenters. The molecule has 4 rings (SSSR count). The smallest absolute Gasteiger partial charge is 0.354 e. The van der Waals surface area contributed by atoms with Crippen LogP contribution < -0.4 is 0 Å². The molecule has 0 fully saturated rings. The quantitative estimate of drug-likeness (QED) is 0.497. The van der Waals surface area contributed by atoms with Gasteiger partial charge in [-0.1, -0.05) is 12.1 Å². The summed E-state index contributed by atoms with van der Waals surface area (Å²) in [6, 6.07) is 15.9. The number of nitrogens with zero attached hydrogens (tertiary/aromatic N) is 2. The fourth-order valence-electron chi connectivity index (χ4n) is 3.19. The normalized spacial score (nSPS) is 11.1. The number of aromatic nitrogens is 2. The van der Waals surface area contributed by atoms with Gasteiger partial charge in [0.2, 0.25) is 0 Å². The number of fused-ring (bicyclic) bond motifs is 1. The number of carbonyl (C=O) groups excluding carboxylic acids is 1. The largest absolute Gasteiger partial charge is 0.464 e. The van der Waals surface area contributed by atoms with Crippen LogP contribution in [0.2, 0.25) is 0 Å². The maximum Gasteiger partial charge on any atom is 0.354 e. The lowest BCUT2D eigenvalue weighted by atomic mass is 10.2. The van der Waals surface area contributed by atoms with E-state index in [1.807, 2.05) is 21.4 Å². The standard InChI is InChI=1S/C21H16F2N2O2/c1-27-21(26)20-12-19-18(25(20)13-14-2-4-15(22)5-3-14)10-11-24(19)17-8-6-16(23)7-9-17/h2-12H,13H2,1H3. The summed E-state index contributed by atoms with van der Waals surface area (Å²) in [5.74, 6) is -1.09. The van der Waals surface area contributed by atoms with Gasteiger partial charge in [-0.3, -0.25) is 0 Å². The van der Waals surface area contributed by atoms with Crippen molar-refractivity contribution in [2.24, 2.45) is 0 Å². The number of rotatable bonds is 4. The second-order valence-corrected chi connectivity index (χ2v) is 6.17. The molecule has 0 saturated carbocycles. The zero-order chi connectivity index (χ0) is 19.0. The van der Waals surface area contributed by atoms with Crippen molar-refractivity contribution in [2.75, 3.05) is 7.11 Å². The Balaban J connectivity index is 1.84. The first-order chi connectivity index (χ1) is 13.1. The monoisotopic (exact) mass is 366 g/mol. The maximum absolute atomic E-state index is 13.2. The second kappa shape index (κ2) is 6.72. The molecule has 2 aromatic heterocycles. The van der Waals surface area contributed by atoms with Crippen molar-refractivity contribution in [3.8, 4) is 5.69 Å². The van der Waals surface area contributed by atoms with Crippen LogP contribution in [0.25, 0.3) is 16.7 Å². The minimum absolute atomic E-state index is 0.313. The Morgan fingerprint density at radius 2 is 1.56 bits per heavy atom. The van der Waals surface area contributed by atoms with Crippen molar-refractivity contribution < 1.29 is 18.3 Å². The molecular formula is C21H16F2N2O2. The van der Waals surface area contributed by atoms with Crippen LogP contribution >= 0.6 is 0 Å². The van der Waals surface area contributed by atoms with E-state index in [2.05, 4.69) is 0 Å². The molecule has 0 radical (unpaired) electrons. The van der Waals surface area contributed by atoms with E-state index in [1.54, 1.807) is 30.3 Å². The lowest BCUT2D eigenvalue weighted by molar-refractivity contribution is 0.0589. The van der Waals surface area contributed by atoms with E-state index < -0.39 is 5.97 Å². The van der Waals surface area contributed by atoms with Gasteiger partial charge >= 0.3 is 5.97 Å². The highest BCUT2D eigenvalue weighted by Crippen LogP contribution is 2.26. The summed E-state index contributed by atoms with van der Waals surface area (Å²) >= 11 is 0. The Labute approximate surface area is 154 Å². The highest BCUT2D eigenvalue weighted by Gasteiger charge is 2.19. The first kappa shape index (κ1) is 17.0. The van der Waals surface area contributed by atoms with Crippen LogP contribution in [0.5, 0.6) is 0 Å². The molecule has 2 aromatic carbocycles. The van der Waals surface area contributed by atoms with E-state index >= 15 is 0 Å². The third-order valence-electron chi connectivity index (χ3n) is 4.51. The average Bonchev–Trinajstić information content (AvgIpc) is 3.24. The zero-order valence-electron chi connectivity index (χ0n) is 14.5. The highest BCUT2D eigenvalue weighted by atomic mass is 19.1. The predicted molar refractivity (Wildman–Crippen MR) is 98.1 cm³/mol. The molecule has 136 valence electrons. The molecule has 0 N–H and O–H groups in total. The van der Waals surface area contributed by atoms with E-state index in [0.717, 1.165) is 22.3 Å². The molecule has 0 bridgehead atoms. The van der Waals surface area contributed by atoms with Crippen LogP contribution in [0.15, 0.2) is 66.9 Å². The summed E-state index contributed by atoms with van der Waals surface area (Å²) in [5.41, 5.74) is 3.65. The predicted octanol–water partition coefficient (Wildman–Crippen LogP) is 4.55. The van der Waals surface area contributed by atoms with Gasteiger partial charge in [0.1, 0.15) is 17.3 Å². The minimum Gasteiger partial charge on any atom is -0.464 e. The van der Waals surface area contributed by atoms with Crippen LogP contribution in [0, 0.1) is 11.6 Å². The van der Waals surface area contributed by atoms with Gasteiger partial charge in [0.15, 0.2) is 0 Å². The number of hydrogen-bond acceptors (Lipinski definition) is 2. The summed E-state index contributed by atoms with van der Waals surface area (Å²) in [7, 11) is 1.33. The molecule has 27 heavy (non-hydrogen) atoms. The first-order valence-electron chi connectivity index (χ1n) is 8.36. The summed E-state index contributed by atoms with van der Waals surface area (Å²) in [6.45, 7) is 0.391. The molecule has 0 aliphatic rings. The summed E-state index contributed by atoms with van der Waals surface area (Å²) in [4.78, 5) is 12.3. The number of hydrogen-bond donors (Lipinski definition) is 0. The maximum atomic E-state index is 13.2. The van der Waals surface area contributed by atoms with Gasteiger partial charge in [0.25, 0.3) is 0 Å². The first-order valence-corrected chi connectivity index (χ1v) is 8.36. The third kappa shape index (κ3) is 3.10. The second-order valence-electron chi connectivity index (χ2n) is 6.17. The van der Waals surface area contributed by atoms with Gasteiger partial charge in [-0.25, -0.2) is 13.6 Å². The van der Waals surface area contributed by atoms with Crippen molar-refractivity contribution >= 4 is 17.0 Å². The summed E-state index contributed by atoms with van der Waals surface area (Å²) < 4.78 is 35.0. The highest BCUT2D eigenvalue weighted by molar-refractivity contribution is 5.95. The minimum atomic E-state index is -0.459. The average molecular weight is 366 g/mol. The molecule has 6 heteroatoms. The van der Waals surface area contributed by atoms with Crippen molar-refractivity contribution in [2.45, 2.75) is 6.54 Å². The molecule has 4 aromatic rings. The lowest BCUT2D eigenvalue weighted by Crippen LogP contribution is -2.11. The topological polar surface area (TPSA) is 36.2 Å². The fourth-order valence-corrected chi connectivity index (χ4v) is 3.19. The summed E-state index contributed by atoms with van der Waals surface area (Å²) in [5, 5.41) is 0. The number of ether oxygens (including phenoxy) is 1. The van der Waals surface area contributed by atoms with Crippen LogP contribution in [-0.2, 0) is 11.3 Å². The van der Waals surface area contributed by atoms with Crippen LogP contribution in [-0.4, -0.2) is 22.2 Å². The Morgan fingerprint density at radius 3 is 2.19 bits per heavy atom. The molecule has 4 nitrogen and oxygen atoms in total. The van der Waals surface area contributed by atoms with Gasteiger partial charge in [0.05, 0.1) is 18.1 Å². The molecule has 0 amide bonds. The van der Waals surface area contributed by atoms with Crippen molar-refractivity contribution in [1.82, 2.24) is 9.13 Å². The number of halogens is 2. The van der Waals surface area contributed by atoms with Crippen molar-refractivity contribution in [3.63, 3.8) is 0 Å². The Hall–Kier alpha value is -3.41. The Kier molecular flexibility index (Phi) is 4.24. The number of benzene rings is 2. The molecule has 0 saturated heterocycles. The number of esters is 1. The molecule has 2 heterocycles. The molecule has 0 spiro atoms. The Bertz CT molecular complexity index is 1110. The SMILES string of the molecule is COC(=O)c1cc2c(ccn2-c2ccc(F)cc2)n1Cc1ccc(F)cc1. The third-order valence-corrected chi connectivity index (χ3v) is 4.51. The van der Waals surface area contributed by atoms with Crippen LogP contribution in [0.4, 0.5) is 8.78 Å². The fraction of sp³-hybridized carbons (Fsp3) is 0.0952. The molecule has 0 atom stereocenters. The molecule has 0 aliphatic carbocycles. The van der Waals surface area contributed by atoms with E-state index in [0.29, 0.717) is 12.2 Å². The van der Waals surface area contributed by atoms with E-state index in [4.69, 9.17) is 4.74 Å². The van der Waals surface area contributed by atoms with Gasteiger partial charge in [-0.2, -0.15) is 0 Å². The van der Waals surface area contributed by atoms with Gasteiger partial charge in [-0.05, 0) is 54.1 Å². The zero-order valence-corrected chi connectivity index (χ0v) is 14.5. The van der Waals surface area contributed by atoms with Crippen molar-refractivity contribution in [1.29, 1.82) is 0 Å². The van der Waals surface area contributed by atoms with Gasteiger partial charge in [0, 0.05) is 18.4 Å². The molecule has 0 aliphatic heterocycles. The van der Waals surface area contributed by atoms with Crippen molar-refractivity contribution in [3.05, 3.63) is 89.8 Å². The van der Waals surface area contributed by atoms with Gasteiger partial charge in [-0.15, -0.1) is 0 Å². The van der Waals surface area contributed by atoms with E-state index in [1.165, 1.54) is 31.4 Å². The number of methoxy groups -OCH3 is 1.